The van der Waals surface area contributed by atoms with Crippen LogP contribution >= 0.6 is 0 Å². The van der Waals surface area contributed by atoms with E-state index in [1.54, 1.807) is 12.1 Å². The molecule has 1 aromatic heterocycles. The molecule has 1 heterocycles. The van der Waals surface area contributed by atoms with E-state index in [0.29, 0.717) is 11.7 Å². The molecule has 27 heavy (non-hydrogen) atoms. The molecule has 0 aliphatic heterocycles. The van der Waals surface area contributed by atoms with Crippen LogP contribution in [-0.4, -0.2) is 4.98 Å². The van der Waals surface area contributed by atoms with Crippen LogP contribution in [0.1, 0.15) is 29.2 Å². The highest BCUT2D eigenvalue weighted by Gasteiger charge is 2.24. The Bertz CT molecular complexity index is 1120. The third kappa shape index (κ3) is 2.95. The monoisotopic (exact) mass is 355 g/mol. The van der Waals surface area contributed by atoms with Gasteiger partial charge in [0.2, 0.25) is 0 Å². The molecule has 0 unspecified atom stereocenters. The maximum absolute atomic E-state index is 13.1. The fourth-order valence-electron chi connectivity index (χ4n) is 3.92. The first-order chi connectivity index (χ1) is 13.3. The van der Waals surface area contributed by atoms with Crippen molar-refractivity contribution in [1.29, 1.82) is 0 Å². The van der Waals surface area contributed by atoms with Gasteiger partial charge in [-0.25, -0.2) is 4.39 Å². The summed E-state index contributed by atoms with van der Waals surface area (Å²) in [6.07, 6.45) is 2.21. The van der Waals surface area contributed by atoms with Crippen molar-refractivity contribution >= 4 is 10.9 Å². The molecule has 0 spiro atoms. The Morgan fingerprint density at radius 1 is 0.852 bits per heavy atom. The standard InChI is InChI=1S/C24H18FNO/c25-17-9-11-18(12-10-17)27-24-7-3-6-22-21(24)14-15-23(26-22)20-13-8-16-4-1-2-5-19(16)20/h1-7,9-12,14-15,20H,8,13H2/t20-/m1/s1. The third-order valence-electron chi connectivity index (χ3n) is 5.24. The molecular formula is C24H18FNO. The van der Waals surface area contributed by atoms with Gasteiger partial charge in [-0.1, -0.05) is 30.3 Å². The second-order valence-corrected chi connectivity index (χ2v) is 6.91. The Kier molecular flexibility index (Phi) is 3.86. The Morgan fingerprint density at radius 3 is 2.59 bits per heavy atom. The Hall–Kier alpha value is -3.20. The van der Waals surface area contributed by atoms with Crippen LogP contribution in [0.4, 0.5) is 4.39 Å². The van der Waals surface area contributed by atoms with E-state index in [2.05, 4.69) is 36.4 Å². The lowest BCUT2D eigenvalue weighted by Crippen LogP contribution is -2.00. The Morgan fingerprint density at radius 2 is 1.70 bits per heavy atom. The number of fused-ring (bicyclic) bond motifs is 2. The molecule has 0 fully saturated rings. The van der Waals surface area contributed by atoms with E-state index in [-0.39, 0.29) is 5.82 Å². The molecule has 2 nitrogen and oxygen atoms in total. The molecule has 0 saturated heterocycles. The molecular weight excluding hydrogens is 337 g/mol. The van der Waals surface area contributed by atoms with Crippen LogP contribution < -0.4 is 4.74 Å². The predicted molar refractivity (Wildman–Crippen MR) is 105 cm³/mol. The molecule has 4 aromatic rings. The molecule has 3 heteroatoms. The van der Waals surface area contributed by atoms with Gasteiger partial charge in [0.25, 0.3) is 0 Å². The average molecular weight is 355 g/mol. The lowest BCUT2D eigenvalue weighted by Gasteiger charge is -2.13. The van der Waals surface area contributed by atoms with Gasteiger partial charge in [-0.3, -0.25) is 4.98 Å². The van der Waals surface area contributed by atoms with Crippen LogP contribution in [0.25, 0.3) is 10.9 Å². The van der Waals surface area contributed by atoms with Crippen molar-refractivity contribution in [3.8, 4) is 11.5 Å². The number of aryl methyl sites for hydroxylation is 1. The Balaban J connectivity index is 1.51. The highest BCUT2D eigenvalue weighted by atomic mass is 19.1. The highest BCUT2D eigenvalue weighted by molar-refractivity contribution is 5.85. The molecule has 5 rings (SSSR count). The van der Waals surface area contributed by atoms with Crippen molar-refractivity contribution in [1.82, 2.24) is 4.98 Å². The molecule has 0 N–H and O–H groups in total. The minimum Gasteiger partial charge on any atom is -0.457 e. The summed E-state index contributed by atoms with van der Waals surface area (Å²) >= 11 is 0. The molecule has 0 bridgehead atoms. The van der Waals surface area contributed by atoms with Gasteiger partial charge in [-0.2, -0.15) is 0 Å². The molecule has 1 atom stereocenters. The second-order valence-electron chi connectivity index (χ2n) is 6.91. The van der Waals surface area contributed by atoms with Crippen LogP contribution in [0.2, 0.25) is 0 Å². The van der Waals surface area contributed by atoms with Gasteiger partial charge in [0.15, 0.2) is 0 Å². The van der Waals surface area contributed by atoms with Gasteiger partial charge < -0.3 is 4.74 Å². The summed E-state index contributed by atoms with van der Waals surface area (Å²) < 4.78 is 19.1. The van der Waals surface area contributed by atoms with Gasteiger partial charge in [0.05, 0.1) is 5.52 Å². The topological polar surface area (TPSA) is 22.1 Å². The van der Waals surface area contributed by atoms with E-state index in [1.807, 2.05) is 18.2 Å². The molecule has 3 aromatic carbocycles. The number of ether oxygens (including phenoxy) is 1. The number of nitrogens with zero attached hydrogens (tertiary/aromatic N) is 1. The highest BCUT2D eigenvalue weighted by Crippen LogP contribution is 2.38. The molecule has 0 saturated carbocycles. The van der Waals surface area contributed by atoms with Gasteiger partial charge in [-0.15, -0.1) is 0 Å². The first-order valence-electron chi connectivity index (χ1n) is 9.19. The van der Waals surface area contributed by atoms with Crippen molar-refractivity contribution in [2.24, 2.45) is 0 Å². The number of halogens is 1. The fourth-order valence-corrected chi connectivity index (χ4v) is 3.92. The zero-order valence-electron chi connectivity index (χ0n) is 14.7. The van der Waals surface area contributed by atoms with Crippen molar-refractivity contribution in [2.75, 3.05) is 0 Å². The van der Waals surface area contributed by atoms with Crippen LogP contribution in [0.15, 0.2) is 78.9 Å². The number of hydrogen-bond acceptors (Lipinski definition) is 2. The van der Waals surface area contributed by atoms with E-state index < -0.39 is 0 Å². The van der Waals surface area contributed by atoms with E-state index in [1.165, 1.54) is 23.3 Å². The summed E-state index contributed by atoms with van der Waals surface area (Å²) in [4.78, 5) is 4.93. The van der Waals surface area contributed by atoms with Crippen molar-refractivity contribution in [2.45, 2.75) is 18.8 Å². The molecule has 132 valence electrons. The van der Waals surface area contributed by atoms with E-state index in [9.17, 15) is 4.39 Å². The van der Waals surface area contributed by atoms with E-state index in [4.69, 9.17) is 9.72 Å². The molecule has 0 amide bonds. The van der Waals surface area contributed by atoms with Crippen LogP contribution in [-0.2, 0) is 6.42 Å². The average Bonchev–Trinajstić information content (AvgIpc) is 3.14. The van der Waals surface area contributed by atoms with Gasteiger partial charge in [0.1, 0.15) is 17.3 Å². The number of aromatic nitrogens is 1. The van der Waals surface area contributed by atoms with Crippen molar-refractivity contribution in [3.63, 3.8) is 0 Å². The quantitative estimate of drug-likeness (QED) is 0.434. The summed E-state index contributed by atoms with van der Waals surface area (Å²) in [5, 5.41) is 0.955. The number of pyridine rings is 1. The first kappa shape index (κ1) is 16.0. The lowest BCUT2D eigenvalue weighted by molar-refractivity contribution is 0.486. The fraction of sp³-hybridized carbons (Fsp3) is 0.125. The maximum Gasteiger partial charge on any atom is 0.136 e. The van der Waals surface area contributed by atoms with Gasteiger partial charge in [-0.05, 0) is 72.5 Å². The molecule has 1 aliphatic rings. The summed E-state index contributed by atoms with van der Waals surface area (Å²) in [5.74, 6) is 1.42. The first-order valence-corrected chi connectivity index (χ1v) is 9.19. The number of benzene rings is 3. The molecule has 0 radical (unpaired) electrons. The zero-order valence-corrected chi connectivity index (χ0v) is 14.7. The smallest absolute Gasteiger partial charge is 0.136 e. The van der Waals surface area contributed by atoms with E-state index >= 15 is 0 Å². The van der Waals surface area contributed by atoms with Crippen molar-refractivity contribution < 1.29 is 9.13 Å². The van der Waals surface area contributed by atoms with Crippen LogP contribution in [0.5, 0.6) is 11.5 Å². The summed E-state index contributed by atoms with van der Waals surface area (Å²) in [6.45, 7) is 0. The minimum absolute atomic E-state index is 0.275. The lowest BCUT2D eigenvalue weighted by atomic mass is 9.96. The largest absolute Gasteiger partial charge is 0.457 e. The van der Waals surface area contributed by atoms with Crippen LogP contribution in [0.3, 0.4) is 0 Å². The van der Waals surface area contributed by atoms with Gasteiger partial charge >= 0.3 is 0 Å². The van der Waals surface area contributed by atoms with Crippen LogP contribution in [0, 0.1) is 5.82 Å². The summed E-state index contributed by atoms with van der Waals surface area (Å²) in [5.41, 5.74) is 4.84. The second kappa shape index (κ2) is 6.51. The third-order valence-corrected chi connectivity index (χ3v) is 5.24. The minimum atomic E-state index is -0.275. The number of rotatable bonds is 3. The Labute approximate surface area is 157 Å². The molecule has 1 aliphatic carbocycles. The SMILES string of the molecule is Fc1ccc(Oc2cccc3nc([C@@H]4CCc5ccccc54)ccc23)cc1. The predicted octanol–water partition coefficient (Wildman–Crippen LogP) is 6.24. The summed E-state index contributed by atoms with van der Waals surface area (Å²) in [6, 6.07) is 24.7. The van der Waals surface area contributed by atoms with E-state index in [0.717, 1.165) is 35.2 Å². The van der Waals surface area contributed by atoms with Gasteiger partial charge in [0, 0.05) is 17.0 Å². The maximum atomic E-state index is 13.1. The number of hydrogen-bond donors (Lipinski definition) is 0. The summed E-state index contributed by atoms with van der Waals surface area (Å²) in [7, 11) is 0. The zero-order chi connectivity index (χ0) is 18.2. The van der Waals surface area contributed by atoms with Crippen molar-refractivity contribution in [3.05, 3.63) is 102 Å². The normalized spacial score (nSPS) is 15.7.